The van der Waals surface area contributed by atoms with Crippen molar-refractivity contribution in [3.05, 3.63) is 23.3 Å². The highest BCUT2D eigenvalue weighted by molar-refractivity contribution is 7.99. The largest absolute Gasteiger partial charge is 0.381 e. The number of nitrogens with zero attached hydrogens (tertiary/aromatic N) is 1. The third-order valence-corrected chi connectivity index (χ3v) is 4.21. The fourth-order valence-electron chi connectivity index (χ4n) is 2.09. The van der Waals surface area contributed by atoms with Crippen LogP contribution in [0, 0.1) is 25.2 Å². The molecule has 2 nitrogen and oxygen atoms in total. The van der Waals surface area contributed by atoms with E-state index in [0.717, 1.165) is 12.2 Å². The van der Waals surface area contributed by atoms with Gasteiger partial charge in [0, 0.05) is 28.8 Å². The molecule has 1 heterocycles. The molecule has 0 aliphatic carbocycles. The molecule has 0 saturated heterocycles. The van der Waals surface area contributed by atoms with Crippen LogP contribution < -0.4 is 5.32 Å². The Morgan fingerprint density at radius 1 is 1.50 bits per heavy atom. The average molecular weight is 232 g/mol. The van der Waals surface area contributed by atoms with Crippen LogP contribution in [-0.4, -0.2) is 11.8 Å². The molecule has 0 saturated carbocycles. The standard InChI is InChI=1S/C13H16N2S/c1-9-6-10(2)13-12(7-9)15-11(8-16-13)4-3-5-14/h6-7,11,15H,3-4,8H2,1-2H3. The van der Waals surface area contributed by atoms with Gasteiger partial charge in [-0.2, -0.15) is 5.26 Å². The van der Waals surface area contributed by atoms with E-state index in [4.69, 9.17) is 5.26 Å². The molecule has 16 heavy (non-hydrogen) atoms. The fraction of sp³-hybridized carbons (Fsp3) is 0.462. The minimum Gasteiger partial charge on any atom is -0.381 e. The van der Waals surface area contributed by atoms with Crippen molar-refractivity contribution in [1.82, 2.24) is 0 Å². The molecule has 1 aliphatic rings. The summed E-state index contributed by atoms with van der Waals surface area (Å²) < 4.78 is 0. The van der Waals surface area contributed by atoms with Gasteiger partial charge in [0.25, 0.3) is 0 Å². The van der Waals surface area contributed by atoms with Crippen LogP contribution in [0.3, 0.4) is 0 Å². The molecule has 1 atom stereocenters. The van der Waals surface area contributed by atoms with Crippen molar-refractivity contribution in [3.63, 3.8) is 0 Å². The lowest BCUT2D eigenvalue weighted by atomic mass is 10.1. The lowest BCUT2D eigenvalue weighted by Crippen LogP contribution is -2.26. The Kier molecular flexibility index (Phi) is 3.40. The topological polar surface area (TPSA) is 35.8 Å². The van der Waals surface area contributed by atoms with E-state index in [2.05, 4.69) is 37.4 Å². The van der Waals surface area contributed by atoms with Crippen molar-refractivity contribution in [1.29, 1.82) is 5.26 Å². The fourth-order valence-corrected chi connectivity index (χ4v) is 3.27. The van der Waals surface area contributed by atoms with E-state index in [1.165, 1.54) is 21.7 Å². The molecule has 84 valence electrons. The van der Waals surface area contributed by atoms with Gasteiger partial charge in [0.2, 0.25) is 0 Å². The lowest BCUT2D eigenvalue weighted by Gasteiger charge is -2.27. The quantitative estimate of drug-likeness (QED) is 0.847. The third kappa shape index (κ3) is 2.33. The van der Waals surface area contributed by atoms with Gasteiger partial charge in [0.15, 0.2) is 0 Å². The molecule has 0 bridgehead atoms. The van der Waals surface area contributed by atoms with Crippen LogP contribution in [0.5, 0.6) is 0 Å². The highest BCUT2D eigenvalue weighted by atomic mass is 32.2. The number of fused-ring (bicyclic) bond motifs is 1. The molecule has 0 amide bonds. The van der Waals surface area contributed by atoms with Gasteiger partial charge in [-0.25, -0.2) is 0 Å². The molecular weight excluding hydrogens is 216 g/mol. The highest BCUT2D eigenvalue weighted by Gasteiger charge is 2.19. The molecule has 1 aromatic carbocycles. The number of aryl methyl sites for hydroxylation is 2. The molecule has 1 N–H and O–H groups in total. The Bertz CT molecular complexity index is 434. The molecule has 0 spiro atoms. The smallest absolute Gasteiger partial charge is 0.0622 e. The van der Waals surface area contributed by atoms with Gasteiger partial charge in [-0.05, 0) is 37.5 Å². The molecule has 1 aromatic rings. The lowest BCUT2D eigenvalue weighted by molar-refractivity contribution is 0.723. The van der Waals surface area contributed by atoms with Gasteiger partial charge in [0.1, 0.15) is 0 Å². The van der Waals surface area contributed by atoms with Gasteiger partial charge >= 0.3 is 0 Å². The Morgan fingerprint density at radius 2 is 2.31 bits per heavy atom. The summed E-state index contributed by atoms with van der Waals surface area (Å²) in [4.78, 5) is 1.37. The second-order valence-corrected chi connectivity index (χ2v) is 5.34. The first-order valence-electron chi connectivity index (χ1n) is 5.58. The van der Waals surface area contributed by atoms with Crippen molar-refractivity contribution < 1.29 is 0 Å². The third-order valence-electron chi connectivity index (χ3n) is 2.81. The first kappa shape index (κ1) is 11.3. The zero-order valence-electron chi connectivity index (χ0n) is 9.71. The maximum absolute atomic E-state index is 8.60. The number of rotatable bonds is 2. The number of thioether (sulfide) groups is 1. The minimum absolute atomic E-state index is 0.443. The van der Waals surface area contributed by atoms with Crippen molar-refractivity contribution in [2.24, 2.45) is 0 Å². The number of benzene rings is 1. The van der Waals surface area contributed by atoms with Gasteiger partial charge in [0.05, 0.1) is 6.07 Å². The zero-order valence-corrected chi connectivity index (χ0v) is 10.5. The number of nitriles is 1. The molecule has 0 aromatic heterocycles. The van der Waals surface area contributed by atoms with Crippen molar-refractivity contribution in [2.75, 3.05) is 11.1 Å². The van der Waals surface area contributed by atoms with Crippen LogP contribution in [0.1, 0.15) is 24.0 Å². The highest BCUT2D eigenvalue weighted by Crippen LogP contribution is 2.37. The monoisotopic (exact) mass is 232 g/mol. The Labute approximate surface area is 101 Å². The van der Waals surface area contributed by atoms with E-state index >= 15 is 0 Å². The molecular formula is C13H16N2S. The summed E-state index contributed by atoms with van der Waals surface area (Å²) in [5, 5.41) is 12.1. The van der Waals surface area contributed by atoms with Crippen LogP contribution in [0.2, 0.25) is 0 Å². The predicted molar refractivity (Wildman–Crippen MR) is 68.9 cm³/mol. The van der Waals surface area contributed by atoms with Crippen molar-refractivity contribution in [3.8, 4) is 6.07 Å². The number of nitrogens with one attached hydrogen (secondary N) is 1. The Hall–Kier alpha value is -1.14. The van der Waals surface area contributed by atoms with Gasteiger partial charge in [-0.3, -0.25) is 0 Å². The van der Waals surface area contributed by atoms with E-state index in [1.54, 1.807) is 0 Å². The zero-order chi connectivity index (χ0) is 11.5. The van der Waals surface area contributed by atoms with Crippen LogP contribution in [0.4, 0.5) is 5.69 Å². The van der Waals surface area contributed by atoms with Crippen molar-refractivity contribution >= 4 is 17.4 Å². The summed E-state index contributed by atoms with van der Waals surface area (Å²) in [6.07, 6.45) is 1.58. The van der Waals surface area contributed by atoms with Crippen LogP contribution in [0.15, 0.2) is 17.0 Å². The van der Waals surface area contributed by atoms with Crippen molar-refractivity contribution in [2.45, 2.75) is 37.6 Å². The summed E-state index contributed by atoms with van der Waals surface area (Å²) in [6, 6.07) is 7.08. The summed E-state index contributed by atoms with van der Waals surface area (Å²) in [5.74, 6) is 1.07. The van der Waals surface area contributed by atoms with E-state index in [-0.39, 0.29) is 0 Å². The summed E-state index contributed by atoms with van der Waals surface area (Å²) in [5.41, 5.74) is 3.90. The molecule has 0 fully saturated rings. The number of hydrogen-bond acceptors (Lipinski definition) is 3. The summed E-state index contributed by atoms with van der Waals surface area (Å²) in [6.45, 7) is 4.29. The van der Waals surface area contributed by atoms with Crippen LogP contribution in [0.25, 0.3) is 0 Å². The molecule has 2 rings (SSSR count). The maximum Gasteiger partial charge on any atom is 0.0622 e. The Morgan fingerprint density at radius 3 is 3.06 bits per heavy atom. The Balaban J connectivity index is 2.17. The number of anilines is 1. The predicted octanol–water partition coefficient (Wildman–Crippen LogP) is 3.49. The first-order chi connectivity index (χ1) is 7.70. The van der Waals surface area contributed by atoms with E-state index in [0.29, 0.717) is 12.5 Å². The second kappa shape index (κ2) is 4.80. The molecule has 1 unspecified atom stereocenters. The maximum atomic E-state index is 8.60. The van der Waals surface area contributed by atoms with E-state index in [1.807, 2.05) is 11.8 Å². The van der Waals surface area contributed by atoms with Crippen LogP contribution >= 0.6 is 11.8 Å². The second-order valence-electron chi connectivity index (χ2n) is 4.31. The van der Waals surface area contributed by atoms with Gasteiger partial charge in [-0.15, -0.1) is 11.8 Å². The van der Waals surface area contributed by atoms with Gasteiger partial charge < -0.3 is 5.32 Å². The molecule has 1 aliphatic heterocycles. The molecule has 3 heteroatoms. The van der Waals surface area contributed by atoms with E-state index < -0.39 is 0 Å². The normalized spacial score (nSPS) is 18.4. The number of hydrogen-bond donors (Lipinski definition) is 1. The van der Waals surface area contributed by atoms with E-state index in [9.17, 15) is 0 Å². The average Bonchev–Trinajstić information content (AvgIpc) is 2.25. The van der Waals surface area contributed by atoms with Gasteiger partial charge in [-0.1, -0.05) is 6.07 Å². The van der Waals surface area contributed by atoms with Crippen LogP contribution in [-0.2, 0) is 0 Å². The SMILES string of the molecule is Cc1cc(C)c2c(c1)NC(CCC#N)CS2. The summed E-state index contributed by atoms with van der Waals surface area (Å²) >= 11 is 1.91. The minimum atomic E-state index is 0.443. The molecule has 0 radical (unpaired) electrons. The first-order valence-corrected chi connectivity index (χ1v) is 6.57. The summed E-state index contributed by atoms with van der Waals surface area (Å²) in [7, 11) is 0.